The molecule has 0 aliphatic carbocycles. The van der Waals surface area contributed by atoms with Gasteiger partial charge in [0.05, 0.1) is 11.4 Å². The van der Waals surface area contributed by atoms with Crippen LogP contribution in [0.2, 0.25) is 0 Å². The topological polar surface area (TPSA) is 58.9 Å². The van der Waals surface area contributed by atoms with Gasteiger partial charge in [0.15, 0.2) is 0 Å². The van der Waals surface area contributed by atoms with Crippen molar-refractivity contribution in [1.29, 1.82) is 0 Å². The van der Waals surface area contributed by atoms with Gasteiger partial charge in [0, 0.05) is 0 Å². The van der Waals surface area contributed by atoms with E-state index in [0.717, 1.165) is 11.1 Å². The first kappa shape index (κ1) is 13.5. The molecule has 0 heterocycles. The van der Waals surface area contributed by atoms with Crippen molar-refractivity contribution < 1.29 is 9.59 Å². The largest absolute Gasteiger partial charge is 0.240 e. The third kappa shape index (κ3) is 4.54. The molecule has 1 aromatic rings. The van der Waals surface area contributed by atoms with E-state index < -0.39 is 0 Å². The molecule has 1 rings (SSSR count). The quantitative estimate of drug-likeness (QED) is 0.599. The van der Waals surface area contributed by atoms with Gasteiger partial charge in [0.25, 0.3) is 0 Å². The van der Waals surface area contributed by atoms with Crippen LogP contribution in [0.1, 0.15) is 25.0 Å². The lowest BCUT2D eigenvalue weighted by molar-refractivity contribution is 0.564. The first-order valence-electron chi connectivity index (χ1n) is 5.28. The predicted molar refractivity (Wildman–Crippen MR) is 70.0 cm³/mol. The summed E-state index contributed by atoms with van der Waals surface area (Å²) in [4.78, 5) is 27.1. The number of benzene rings is 1. The highest BCUT2D eigenvalue weighted by Crippen LogP contribution is 2.12. The SMILES string of the molecule is C/C(=C\c1ccc(/C=C(\C)N=C=O)cc1)N=C=O. The summed E-state index contributed by atoms with van der Waals surface area (Å²) < 4.78 is 0. The number of rotatable bonds is 4. The van der Waals surface area contributed by atoms with Crippen LogP contribution in [0, 0.1) is 0 Å². The lowest BCUT2D eigenvalue weighted by atomic mass is 10.1. The summed E-state index contributed by atoms with van der Waals surface area (Å²) >= 11 is 0. The number of hydrogen-bond donors (Lipinski definition) is 0. The Morgan fingerprint density at radius 3 is 1.50 bits per heavy atom. The second-order valence-electron chi connectivity index (χ2n) is 3.64. The zero-order chi connectivity index (χ0) is 13.4. The Morgan fingerprint density at radius 1 is 0.889 bits per heavy atom. The Balaban J connectivity index is 2.93. The highest BCUT2D eigenvalue weighted by molar-refractivity contribution is 5.59. The zero-order valence-electron chi connectivity index (χ0n) is 10.2. The average Bonchev–Trinajstić information content (AvgIpc) is 2.32. The lowest BCUT2D eigenvalue weighted by Crippen LogP contribution is -1.78. The van der Waals surface area contributed by atoms with E-state index in [2.05, 4.69) is 9.98 Å². The molecule has 0 amide bonds. The molecule has 0 radical (unpaired) electrons. The molecule has 0 atom stereocenters. The van der Waals surface area contributed by atoms with Crippen LogP contribution >= 0.6 is 0 Å². The Bertz CT molecular complexity index is 517. The van der Waals surface area contributed by atoms with Crippen molar-refractivity contribution >= 4 is 24.3 Å². The van der Waals surface area contributed by atoms with Gasteiger partial charge in [0.2, 0.25) is 12.2 Å². The Kier molecular flexibility index (Phi) is 5.20. The van der Waals surface area contributed by atoms with Gasteiger partial charge in [-0.25, -0.2) is 9.59 Å². The first-order chi connectivity index (χ1) is 8.65. The number of isocyanates is 2. The summed E-state index contributed by atoms with van der Waals surface area (Å²) in [6.45, 7) is 3.45. The molecule has 18 heavy (non-hydrogen) atoms. The molecular formula is C14H12N2O2. The van der Waals surface area contributed by atoms with E-state index in [4.69, 9.17) is 0 Å². The van der Waals surface area contributed by atoms with Crippen molar-refractivity contribution in [3.63, 3.8) is 0 Å². The highest BCUT2D eigenvalue weighted by atomic mass is 16.1. The predicted octanol–water partition coefficient (Wildman–Crippen LogP) is 3.08. The van der Waals surface area contributed by atoms with Gasteiger partial charge >= 0.3 is 0 Å². The van der Waals surface area contributed by atoms with Crippen molar-refractivity contribution in [3.05, 3.63) is 46.8 Å². The maximum atomic E-state index is 10.1. The Hall–Kier alpha value is -2.54. The van der Waals surface area contributed by atoms with Gasteiger partial charge in [-0.3, -0.25) is 0 Å². The molecule has 0 aliphatic rings. The lowest BCUT2D eigenvalue weighted by Gasteiger charge is -1.97. The third-order valence-electron chi connectivity index (χ3n) is 2.13. The van der Waals surface area contributed by atoms with Gasteiger partial charge in [-0.05, 0) is 37.1 Å². The molecule has 0 bridgehead atoms. The molecule has 4 nitrogen and oxygen atoms in total. The molecule has 0 aromatic heterocycles. The van der Waals surface area contributed by atoms with Crippen LogP contribution in [0.3, 0.4) is 0 Å². The van der Waals surface area contributed by atoms with Gasteiger partial charge in [-0.1, -0.05) is 24.3 Å². The Morgan fingerprint density at radius 2 is 1.22 bits per heavy atom. The highest BCUT2D eigenvalue weighted by Gasteiger charge is 1.92. The summed E-state index contributed by atoms with van der Waals surface area (Å²) in [7, 11) is 0. The fraction of sp³-hybridized carbons (Fsp3) is 0.143. The smallest absolute Gasteiger partial charge is 0.211 e. The van der Waals surface area contributed by atoms with E-state index in [1.54, 1.807) is 26.0 Å². The van der Waals surface area contributed by atoms with E-state index in [9.17, 15) is 9.59 Å². The van der Waals surface area contributed by atoms with Gasteiger partial charge in [0.1, 0.15) is 0 Å². The van der Waals surface area contributed by atoms with Crippen molar-refractivity contribution in [2.75, 3.05) is 0 Å². The van der Waals surface area contributed by atoms with E-state index in [1.807, 2.05) is 24.3 Å². The van der Waals surface area contributed by atoms with Crippen molar-refractivity contribution in [2.45, 2.75) is 13.8 Å². The molecule has 0 N–H and O–H groups in total. The first-order valence-corrected chi connectivity index (χ1v) is 5.28. The number of nitrogens with zero attached hydrogens (tertiary/aromatic N) is 2. The minimum absolute atomic E-state index is 0.593. The zero-order valence-corrected chi connectivity index (χ0v) is 10.2. The van der Waals surface area contributed by atoms with Crippen LogP contribution in [0.5, 0.6) is 0 Å². The number of carbonyl (C=O) groups excluding carboxylic acids is 2. The summed E-state index contributed by atoms with van der Waals surface area (Å²) in [5.74, 6) is 0. The number of allylic oxidation sites excluding steroid dienone is 2. The molecule has 90 valence electrons. The molecule has 1 aromatic carbocycles. The second-order valence-corrected chi connectivity index (χ2v) is 3.64. The minimum Gasteiger partial charge on any atom is -0.211 e. The number of aliphatic imine (C=N–C) groups is 2. The maximum absolute atomic E-state index is 10.1. The molecule has 4 heteroatoms. The van der Waals surface area contributed by atoms with Crippen molar-refractivity contribution in [1.82, 2.24) is 0 Å². The van der Waals surface area contributed by atoms with Crippen LogP contribution in [0.25, 0.3) is 12.2 Å². The molecule has 0 saturated heterocycles. The summed E-state index contributed by atoms with van der Waals surface area (Å²) in [6.07, 6.45) is 6.52. The standard InChI is InChI=1S/C14H12N2O2/c1-11(15-9-17)7-13-3-5-14(6-4-13)8-12(2)16-10-18/h3-8H,1-2H3/b11-7+,12-8+. The van der Waals surface area contributed by atoms with Crippen LogP contribution in [-0.4, -0.2) is 12.2 Å². The second kappa shape index (κ2) is 6.92. The van der Waals surface area contributed by atoms with Crippen LogP contribution < -0.4 is 0 Å². The van der Waals surface area contributed by atoms with Crippen LogP contribution in [0.15, 0.2) is 45.6 Å². The fourth-order valence-electron chi connectivity index (χ4n) is 1.38. The fourth-order valence-corrected chi connectivity index (χ4v) is 1.38. The van der Waals surface area contributed by atoms with E-state index in [-0.39, 0.29) is 0 Å². The minimum atomic E-state index is 0.593. The maximum Gasteiger partial charge on any atom is 0.240 e. The van der Waals surface area contributed by atoms with Crippen molar-refractivity contribution in [2.24, 2.45) is 9.98 Å². The van der Waals surface area contributed by atoms with Crippen LogP contribution in [0.4, 0.5) is 0 Å². The van der Waals surface area contributed by atoms with Crippen molar-refractivity contribution in [3.8, 4) is 0 Å². The monoisotopic (exact) mass is 240 g/mol. The average molecular weight is 240 g/mol. The van der Waals surface area contributed by atoms with Gasteiger partial charge < -0.3 is 0 Å². The molecule has 0 fully saturated rings. The molecule has 0 spiro atoms. The molecule has 0 aliphatic heterocycles. The van der Waals surface area contributed by atoms with Gasteiger partial charge in [-0.2, -0.15) is 9.98 Å². The summed E-state index contributed by atoms with van der Waals surface area (Å²) in [5, 5.41) is 0. The normalized spacial score (nSPS) is 11.4. The Labute approximate surface area is 105 Å². The summed E-state index contributed by atoms with van der Waals surface area (Å²) in [5.41, 5.74) is 3.05. The van der Waals surface area contributed by atoms with E-state index in [1.165, 1.54) is 12.2 Å². The summed E-state index contributed by atoms with van der Waals surface area (Å²) in [6, 6.07) is 7.53. The van der Waals surface area contributed by atoms with Gasteiger partial charge in [-0.15, -0.1) is 0 Å². The molecule has 0 unspecified atom stereocenters. The van der Waals surface area contributed by atoms with Crippen LogP contribution in [-0.2, 0) is 9.59 Å². The van der Waals surface area contributed by atoms with E-state index in [0.29, 0.717) is 11.4 Å². The van der Waals surface area contributed by atoms with E-state index >= 15 is 0 Å². The molecule has 0 saturated carbocycles. The third-order valence-corrected chi connectivity index (χ3v) is 2.13. The molecular weight excluding hydrogens is 228 g/mol. The number of hydrogen-bond acceptors (Lipinski definition) is 4.